The van der Waals surface area contributed by atoms with Crippen LogP contribution in [0.1, 0.15) is 99.9 Å². The number of benzene rings is 2. The van der Waals surface area contributed by atoms with Crippen LogP contribution >= 0.6 is 0 Å². The molecule has 4 rings (SSSR count). The van der Waals surface area contributed by atoms with Gasteiger partial charge in [-0.2, -0.15) is 0 Å². The smallest absolute Gasteiger partial charge is 0.303 e. The summed E-state index contributed by atoms with van der Waals surface area (Å²) in [6.45, 7) is 16.5. The lowest BCUT2D eigenvalue weighted by atomic mass is 9.78. The van der Waals surface area contributed by atoms with Crippen molar-refractivity contribution in [2.75, 3.05) is 5.73 Å². The Morgan fingerprint density at radius 3 is 2.05 bits per heavy atom. The van der Waals surface area contributed by atoms with E-state index in [0.717, 1.165) is 46.1 Å². The van der Waals surface area contributed by atoms with Crippen LogP contribution in [0.25, 0.3) is 10.9 Å². The molecule has 5 nitrogen and oxygen atoms in total. The van der Waals surface area contributed by atoms with Crippen LogP contribution in [0.15, 0.2) is 24.3 Å². The summed E-state index contributed by atoms with van der Waals surface area (Å²) >= 11 is 0. The molecule has 0 radical (unpaired) electrons. The van der Waals surface area contributed by atoms with Crippen molar-refractivity contribution >= 4 is 22.6 Å². The fourth-order valence-corrected chi connectivity index (χ4v) is 5.15. The molecule has 0 aliphatic heterocycles. The third-order valence-electron chi connectivity index (χ3n) is 7.16. The molecule has 200 valence electrons. The number of aliphatic carboxylic acids is 1. The van der Waals surface area contributed by atoms with E-state index >= 15 is 0 Å². The maximum Gasteiger partial charge on any atom is 0.303 e. The van der Waals surface area contributed by atoms with Crippen LogP contribution in [0.3, 0.4) is 0 Å². The molecule has 0 atom stereocenters. The van der Waals surface area contributed by atoms with Crippen LogP contribution in [-0.2, 0) is 34.9 Å². The first-order chi connectivity index (χ1) is 17.1. The lowest BCUT2D eigenvalue weighted by molar-refractivity contribution is -0.136. The Morgan fingerprint density at radius 2 is 1.51 bits per heavy atom. The van der Waals surface area contributed by atoms with Gasteiger partial charge in [-0.05, 0) is 90.7 Å². The largest absolute Gasteiger partial charge is 0.507 e. The number of phenolic OH excluding ortho intramolecular Hbond substituents is 1. The summed E-state index contributed by atoms with van der Waals surface area (Å²) in [6, 6.07) is 8.23. The molecule has 0 saturated carbocycles. The molecule has 0 spiro atoms. The topological polar surface area (TPSA) is 96.4 Å². The molecule has 0 fully saturated rings. The number of rotatable bonds is 3. The number of carbonyl (C=O) groups is 1. The standard InChI is InChI=1S/C17H26O3.C15H18N2/c1-16(2,3)12-9-11(7-8-14(18)19)10-13(15(12)20)17(4,5)6;1-9-7-10(2)15-12(8-9)14(16)11-5-3-4-6-13(11)17-15/h9-10,20H,7-8H2,1-6H3,(H,18,19);7-8H,3-6H2,1-2H3,(H2,16,17). The van der Waals surface area contributed by atoms with E-state index in [2.05, 4.69) is 67.5 Å². The Kier molecular flexibility index (Phi) is 8.26. The highest BCUT2D eigenvalue weighted by Crippen LogP contribution is 2.40. The van der Waals surface area contributed by atoms with Crippen molar-refractivity contribution < 1.29 is 15.0 Å². The molecule has 0 unspecified atom stereocenters. The van der Waals surface area contributed by atoms with E-state index in [-0.39, 0.29) is 17.3 Å². The monoisotopic (exact) mass is 504 g/mol. The fourth-order valence-electron chi connectivity index (χ4n) is 5.15. The number of aromatic nitrogens is 1. The molecule has 1 aliphatic carbocycles. The Labute approximate surface area is 222 Å². The number of carboxylic acids is 1. The van der Waals surface area contributed by atoms with Gasteiger partial charge in [-0.3, -0.25) is 9.78 Å². The number of phenols is 1. The first-order valence-corrected chi connectivity index (χ1v) is 13.4. The molecule has 37 heavy (non-hydrogen) atoms. The zero-order valence-electron chi connectivity index (χ0n) is 23.9. The van der Waals surface area contributed by atoms with E-state index in [9.17, 15) is 9.90 Å². The number of anilines is 1. The molecular formula is C32H44N2O3. The van der Waals surface area contributed by atoms with Gasteiger partial charge < -0.3 is 15.9 Å². The van der Waals surface area contributed by atoms with Gasteiger partial charge in [0.15, 0.2) is 0 Å². The highest BCUT2D eigenvalue weighted by atomic mass is 16.4. The predicted molar refractivity (Wildman–Crippen MR) is 154 cm³/mol. The second-order valence-electron chi connectivity index (χ2n) is 12.6. The number of hydrogen-bond acceptors (Lipinski definition) is 4. The minimum Gasteiger partial charge on any atom is -0.507 e. The number of fused-ring (bicyclic) bond motifs is 2. The normalized spacial score (nSPS) is 13.6. The quantitative estimate of drug-likeness (QED) is 0.347. The van der Waals surface area contributed by atoms with Gasteiger partial charge in [0, 0.05) is 23.2 Å². The average Bonchev–Trinajstić information content (AvgIpc) is 2.78. The fraction of sp³-hybridized carbons (Fsp3) is 0.500. The Bertz CT molecular complexity index is 1280. The first-order valence-electron chi connectivity index (χ1n) is 13.4. The van der Waals surface area contributed by atoms with Gasteiger partial charge in [0.05, 0.1) is 5.52 Å². The summed E-state index contributed by atoms with van der Waals surface area (Å²) in [6.07, 6.45) is 5.27. The zero-order valence-corrected chi connectivity index (χ0v) is 23.9. The average molecular weight is 505 g/mol. The SMILES string of the molecule is CC(C)(C)c1cc(CCC(=O)O)cc(C(C)(C)C)c1O.Cc1cc(C)c2nc3c(c(N)c2c1)CCCC3. The minimum atomic E-state index is -0.798. The van der Waals surface area contributed by atoms with Crippen molar-refractivity contribution in [2.24, 2.45) is 0 Å². The number of pyridine rings is 1. The van der Waals surface area contributed by atoms with Gasteiger partial charge in [-0.1, -0.05) is 65.3 Å². The van der Waals surface area contributed by atoms with Crippen LogP contribution in [0.2, 0.25) is 0 Å². The van der Waals surface area contributed by atoms with E-state index in [4.69, 9.17) is 15.8 Å². The number of nitrogens with two attached hydrogens (primary N) is 1. The van der Waals surface area contributed by atoms with Gasteiger partial charge in [0.2, 0.25) is 0 Å². The van der Waals surface area contributed by atoms with Crippen LogP contribution in [0, 0.1) is 13.8 Å². The van der Waals surface area contributed by atoms with Crippen LogP contribution in [0.4, 0.5) is 5.69 Å². The lowest BCUT2D eigenvalue weighted by Gasteiger charge is -2.28. The van der Waals surface area contributed by atoms with E-state index in [0.29, 0.717) is 12.2 Å². The Hall–Kier alpha value is -3.08. The highest BCUT2D eigenvalue weighted by molar-refractivity contribution is 5.94. The van der Waals surface area contributed by atoms with E-state index in [1.165, 1.54) is 35.2 Å². The summed E-state index contributed by atoms with van der Waals surface area (Å²) in [5.41, 5.74) is 15.8. The van der Waals surface area contributed by atoms with E-state index < -0.39 is 5.97 Å². The number of aromatic hydroxyl groups is 1. The molecule has 0 amide bonds. The van der Waals surface area contributed by atoms with E-state index in [1.54, 1.807) is 0 Å². The van der Waals surface area contributed by atoms with Crippen molar-refractivity contribution in [2.45, 2.75) is 105 Å². The van der Waals surface area contributed by atoms with Crippen LogP contribution in [-0.4, -0.2) is 21.2 Å². The predicted octanol–water partition coefficient (Wildman–Crippen LogP) is 7.32. The summed E-state index contributed by atoms with van der Waals surface area (Å²) in [7, 11) is 0. The van der Waals surface area contributed by atoms with Crippen LogP contribution < -0.4 is 5.73 Å². The summed E-state index contributed by atoms with van der Waals surface area (Å²) in [5.74, 6) is -0.461. The van der Waals surface area contributed by atoms with Gasteiger partial charge in [0.1, 0.15) is 5.75 Å². The van der Waals surface area contributed by atoms with Gasteiger partial charge in [-0.15, -0.1) is 0 Å². The summed E-state index contributed by atoms with van der Waals surface area (Å²) in [5, 5.41) is 20.5. The third-order valence-corrected chi connectivity index (χ3v) is 7.16. The van der Waals surface area contributed by atoms with Gasteiger partial charge in [0.25, 0.3) is 0 Å². The number of aryl methyl sites for hydroxylation is 4. The maximum atomic E-state index is 10.8. The Morgan fingerprint density at radius 1 is 0.946 bits per heavy atom. The van der Waals surface area contributed by atoms with Crippen molar-refractivity contribution in [3.8, 4) is 5.75 Å². The highest BCUT2D eigenvalue weighted by Gasteiger charge is 2.26. The zero-order chi connectivity index (χ0) is 27.7. The summed E-state index contributed by atoms with van der Waals surface area (Å²) in [4.78, 5) is 15.6. The van der Waals surface area contributed by atoms with Crippen LogP contribution in [0.5, 0.6) is 5.75 Å². The first kappa shape index (κ1) is 28.5. The van der Waals surface area contributed by atoms with E-state index in [1.807, 2.05) is 12.1 Å². The molecule has 1 aromatic heterocycles. The molecule has 5 heteroatoms. The van der Waals surface area contributed by atoms with Crippen molar-refractivity contribution in [1.29, 1.82) is 0 Å². The maximum absolute atomic E-state index is 10.8. The second-order valence-corrected chi connectivity index (χ2v) is 12.6. The number of nitrogens with zero attached hydrogens (tertiary/aromatic N) is 1. The molecule has 1 aliphatic rings. The minimum absolute atomic E-state index is 0.109. The number of nitrogen functional groups attached to an aromatic ring is 1. The molecule has 3 aromatic rings. The number of hydrogen-bond donors (Lipinski definition) is 3. The lowest BCUT2D eigenvalue weighted by Crippen LogP contribution is -2.18. The third kappa shape index (κ3) is 6.63. The Balaban J connectivity index is 0.000000207. The molecule has 2 aromatic carbocycles. The number of carboxylic acid groups (broad SMARTS) is 1. The van der Waals surface area contributed by atoms with Crippen molar-refractivity contribution in [3.63, 3.8) is 0 Å². The molecule has 4 N–H and O–H groups in total. The van der Waals surface area contributed by atoms with Gasteiger partial charge >= 0.3 is 5.97 Å². The second kappa shape index (κ2) is 10.7. The summed E-state index contributed by atoms with van der Waals surface area (Å²) < 4.78 is 0. The molecule has 0 saturated heterocycles. The molecular weight excluding hydrogens is 460 g/mol. The van der Waals surface area contributed by atoms with Crippen molar-refractivity contribution in [1.82, 2.24) is 4.98 Å². The van der Waals surface area contributed by atoms with Crippen molar-refractivity contribution in [3.05, 3.63) is 63.3 Å². The van der Waals surface area contributed by atoms with Gasteiger partial charge in [-0.25, -0.2) is 0 Å². The molecule has 1 heterocycles. The molecule has 0 bridgehead atoms.